The maximum absolute atomic E-state index is 12.1. The van der Waals surface area contributed by atoms with E-state index in [2.05, 4.69) is 4.98 Å². The second-order valence-electron chi connectivity index (χ2n) is 5.09. The summed E-state index contributed by atoms with van der Waals surface area (Å²) in [5, 5.41) is 9.22. The molecular weight excluding hydrogens is 270 g/mol. The predicted octanol–water partition coefficient (Wildman–Crippen LogP) is 1.04. The van der Waals surface area contributed by atoms with Gasteiger partial charge in [-0.15, -0.1) is 0 Å². The van der Waals surface area contributed by atoms with Crippen LogP contribution in [0.1, 0.15) is 21.5 Å². The molecule has 108 valence electrons. The van der Waals surface area contributed by atoms with Gasteiger partial charge in [0.05, 0.1) is 5.56 Å². The average molecular weight is 285 g/mol. The van der Waals surface area contributed by atoms with E-state index in [9.17, 15) is 14.7 Å². The van der Waals surface area contributed by atoms with Crippen LogP contribution in [0.5, 0.6) is 0 Å². The van der Waals surface area contributed by atoms with Crippen LogP contribution in [0.25, 0.3) is 0 Å². The van der Waals surface area contributed by atoms with Gasteiger partial charge in [0.15, 0.2) is 5.82 Å². The third kappa shape index (κ3) is 2.29. The predicted molar refractivity (Wildman–Crippen MR) is 77.6 cm³/mol. The SMILES string of the molecule is Cn1ccnc(N2CCc3c(cccc3C(=O)O)C2)c1=O. The Balaban J connectivity index is 1.99. The summed E-state index contributed by atoms with van der Waals surface area (Å²) < 4.78 is 1.49. The molecule has 6 nitrogen and oxygen atoms in total. The monoisotopic (exact) mass is 285 g/mol. The molecule has 6 heteroatoms. The summed E-state index contributed by atoms with van der Waals surface area (Å²) in [5.41, 5.74) is 2.00. The molecule has 0 spiro atoms. The Morgan fingerprint density at radius 3 is 2.95 bits per heavy atom. The van der Waals surface area contributed by atoms with Gasteiger partial charge in [0, 0.05) is 32.5 Å². The average Bonchev–Trinajstić information content (AvgIpc) is 2.48. The topological polar surface area (TPSA) is 75.4 Å². The Bertz CT molecular complexity index is 767. The van der Waals surface area contributed by atoms with Crippen molar-refractivity contribution in [1.29, 1.82) is 0 Å². The molecule has 1 aromatic heterocycles. The highest BCUT2D eigenvalue weighted by molar-refractivity contribution is 5.90. The standard InChI is InChI=1S/C15H15N3O3/c1-17-8-6-16-13(14(17)19)18-7-5-11-10(9-18)3-2-4-12(11)15(20)21/h2-4,6,8H,5,7,9H2,1H3,(H,20,21). The van der Waals surface area contributed by atoms with E-state index in [0.29, 0.717) is 30.9 Å². The van der Waals surface area contributed by atoms with E-state index >= 15 is 0 Å². The third-order valence-corrected chi connectivity index (χ3v) is 3.79. The third-order valence-electron chi connectivity index (χ3n) is 3.79. The van der Waals surface area contributed by atoms with Gasteiger partial charge in [-0.05, 0) is 23.6 Å². The molecule has 3 rings (SSSR count). The Morgan fingerprint density at radius 1 is 1.38 bits per heavy atom. The molecule has 0 unspecified atom stereocenters. The van der Waals surface area contributed by atoms with E-state index in [1.165, 1.54) is 4.57 Å². The van der Waals surface area contributed by atoms with Crippen LogP contribution in [0.2, 0.25) is 0 Å². The molecule has 0 bridgehead atoms. The minimum Gasteiger partial charge on any atom is -0.478 e. The van der Waals surface area contributed by atoms with Crippen molar-refractivity contribution in [2.75, 3.05) is 11.4 Å². The number of aryl methyl sites for hydroxylation is 1. The number of hydrogen-bond donors (Lipinski definition) is 1. The molecule has 0 fully saturated rings. The lowest BCUT2D eigenvalue weighted by Crippen LogP contribution is -2.37. The summed E-state index contributed by atoms with van der Waals surface area (Å²) in [6.07, 6.45) is 3.81. The Morgan fingerprint density at radius 2 is 2.19 bits per heavy atom. The van der Waals surface area contributed by atoms with E-state index < -0.39 is 5.97 Å². The van der Waals surface area contributed by atoms with Crippen LogP contribution >= 0.6 is 0 Å². The lowest BCUT2D eigenvalue weighted by molar-refractivity contribution is 0.0695. The molecule has 0 atom stereocenters. The number of nitrogens with zero attached hydrogens (tertiary/aromatic N) is 3. The number of carbonyl (C=O) groups is 1. The van der Waals surface area contributed by atoms with Crippen molar-refractivity contribution in [1.82, 2.24) is 9.55 Å². The second-order valence-corrected chi connectivity index (χ2v) is 5.09. The number of aromatic nitrogens is 2. The number of benzene rings is 1. The van der Waals surface area contributed by atoms with Gasteiger partial charge in [-0.3, -0.25) is 4.79 Å². The maximum atomic E-state index is 12.1. The van der Waals surface area contributed by atoms with Crippen molar-refractivity contribution < 1.29 is 9.90 Å². The fraction of sp³-hybridized carbons (Fsp3) is 0.267. The van der Waals surface area contributed by atoms with Crippen molar-refractivity contribution in [2.24, 2.45) is 7.05 Å². The number of aromatic carboxylic acids is 1. The number of carboxylic acids is 1. The smallest absolute Gasteiger partial charge is 0.335 e. The van der Waals surface area contributed by atoms with Gasteiger partial charge < -0.3 is 14.6 Å². The Hall–Kier alpha value is -2.63. The van der Waals surface area contributed by atoms with Crippen LogP contribution in [0.3, 0.4) is 0 Å². The molecule has 1 aromatic carbocycles. The van der Waals surface area contributed by atoms with Gasteiger partial charge in [0.2, 0.25) is 0 Å². The molecule has 0 saturated heterocycles. The number of rotatable bonds is 2. The van der Waals surface area contributed by atoms with E-state index in [-0.39, 0.29) is 5.56 Å². The normalized spacial score (nSPS) is 13.9. The first-order valence-electron chi connectivity index (χ1n) is 6.68. The summed E-state index contributed by atoms with van der Waals surface area (Å²) in [6.45, 7) is 1.09. The summed E-state index contributed by atoms with van der Waals surface area (Å²) in [6, 6.07) is 5.26. The molecule has 0 amide bonds. The van der Waals surface area contributed by atoms with Crippen molar-refractivity contribution >= 4 is 11.8 Å². The van der Waals surface area contributed by atoms with Crippen LogP contribution in [0.15, 0.2) is 35.4 Å². The van der Waals surface area contributed by atoms with E-state index in [0.717, 1.165) is 11.1 Å². The molecule has 1 aliphatic rings. The highest BCUT2D eigenvalue weighted by Gasteiger charge is 2.23. The van der Waals surface area contributed by atoms with Gasteiger partial charge in [-0.2, -0.15) is 0 Å². The molecule has 0 saturated carbocycles. The van der Waals surface area contributed by atoms with Crippen molar-refractivity contribution in [3.63, 3.8) is 0 Å². The zero-order chi connectivity index (χ0) is 15.0. The summed E-state index contributed by atoms with van der Waals surface area (Å²) in [4.78, 5) is 29.4. The van der Waals surface area contributed by atoms with Crippen molar-refractivity contribution in [3.8, 4) is 0 Å². The number of anilines is 1. The Kier molecular flexibility index (Phi) is 3.21. The molecule has 21 heavy (non-hydrogen) atoms. The highest BCUT2D eigenvalue weighted by Crippen LogP contribution is 2.24. The lowest BCUT2D eigenvalue weighted by atomic mass is 9.94. The molecule has 1 N–H and O–H groups in total. The zero-order valence-corrected chi connectivity index (χ0v) is 11.6. The summed E-state index contributed by atoms with van der Waals surface area (Å²) in [7, 11) is 1.69. The first-order valence-corrected chi connectivity index (χ1v) is 6.68. The number of hydrogen-bond acceptors (Lipinski definition) is 4. The van der Waals surface area contributed by atoms with Crippen LogP contribution < -0.4 is 10.5 Å². The van der Waals surface area contributed by atoms with Gasteiger partial charge in [0.1, 0.15) is 0 Å². The Labute approximate surface area is 121 Å². The van der Waals surface area contributed by atoms with E-state index in [4.69, 9.17) is 0 Å². The molecule has 2 heterocycles. The van der Waals surface area contributed by atoms with Gasteiger partial charge in [-0.1, -0.05) is 12.1 Å². The van der Waals surface area contributed by atoms with Gasteiger partial charge in [-0.25, -0.2) is 9.78 Å². The quantitative estimate of drug-likeness (QED) is 0.892. The van der Waals surface area contributed by atoms with E-state index in [1.807, 2.05) is 11.0 Å². The highest BCUT2D eigenvalue weighted by atomic mass is 16.4. The maximum Gasteiger partial charge on any atom is 0.335 e. The first-order chi connectivity index (χ1) is 10.1. The second kappa shape index (κ2) is 5.05. The molecule has 2 aromatic rings. The van der Waals surface area contributed by atoms with Crippen molar-refractivity contribution in [3.05, 3.63) is 57.6 Å². The number of fused-ring (bicyclic) bond motifs is 1. The minimum absolute atomic E-state index is 0.143. The van der Waals surface area contributed by atoms with Gasteiger partial charge >= 0.3 is 5.97 Å². The van der Waals surface area contributed by atoms with Crippen LogP contribution in [0.4, 0.5) is 5.82 Å². The van der Waals surface area contributed by atoms with Crippen LogP contribution in [0, 0.1) is 0 Å². The molecule has 1 aliphatic heterocycles. The lowest BCUT2D eigenvalue weighted by Gasteiger charge is -2.30. The van der Waals surface area contributed by atoms with Gasteiger partial charge in [0.25, 0.3) is 5.56 Å². The van der Waals surface area contributed by atoms with E-state index in [1.54, 1.807) is 31.6 Å². The fourth-order valence-corrected chi connectivity index (χ4v) is 2.69. The minimum atomic E-state index is -0.908. The summed E-state index contributed by atoms with van der Waals surface area (Å²) in [5.74, 6) is -0.500. The largest absolute Gasteiger partial charge is 0.478 e. The first kappa shape index (κ1) is 13.4. The molecular formula is C15H15N3O3. The zero-order valence-electron chi connectivity index (χ0n) is 11.6. The molecule has 0 radical (unpaired) electrons. The fourth-order valence-electron chi connectivity index (χ4n) is 2.69. The van der Waals surface area contributed by atoms with Crippen molar-refractivity contribution in [2.45, 2.75) is 13.0 Å². The summed E-state index contributed by atoms with van der Waals surface area (Å²) >= 11 is 0. The van der Waals surface area contributed by atoms with Crippen LogP contribution in [-0.4, -0.2) is 27.2 Å². The molecule has 0 aliphatic carbocycles. The van der Waals surface area contributed by atoms with Crippen LogP contribution in [-0.2, 0) is 20.0 Å². The number of carboxylic acid groups (broad SMARTS) is 1.